The summed E-state index contributed by atoms with van der Waals surface area (Å²) < 4.78 is 5.05. The summed E-state index contributed by atoms with van der Waals surface area (Å²) in [4.78, 5) is 25.3. The van der Waals surface area contributed by atoms with Crippen LogP contribution in [0.15, 0.2) is 35.5 Å². The molecule has 0 radical (unpaired) electrons. The van der Waals surface area contributed by atoms with Crippen molar-refractivity contribution in [3.63, 3.8) is 0 Å². The van der Waals surface area contributed by atoms with Gasteiger partial charge in [-0.1, -0.05) is 12.2 Å². The predicted molar refractivity (Wildman–Crippen MR) is 86.4 cm³/mol. The van der Waals surface area contributed by atoms with E-state index in [1.165, 1.54) is 19.4 Å². The van der Waals surface area contributed by atoms with Crippen molar-refractivity contribution in [2.24, 2.45) is 28.8 Å². The second-order valence-electron chi connectivity index (χ2n) is 6.51. The SMILES string of the molecule is COc1cc(/C=N\N2C(=O)[C@@H]3[C@@H](C2=O)[C@H]2C=C[C@@H]3CC2)ccc1O. The van der Waals surface area contributed by atoms with Gasteiger partial charge in [0.25, 0.3) is 11.8 Å². The largest absolute Gasteiger partial charge is 0.504 e. The van der Waals surface area contributed by atoms with Gasteiger partial charge in [-0.25, -0.2) is 0 Å². The lowest BCUT2D eigenvalue weighted by Crippen LogP contribution is -2.38. The molecule has 6 nitrogen and oxygen atoms in total. The third kappa shape index (κ3) is 2.13. The Labute approximate surface area is 139 Å². The van der Waals surface area contributed by atoms with E-state index in [0.717, 1.165) is 17.9 Å². The van der Waals surface area contributed by atoms with Crippen LogP contribution in [0.1, 0.15) is 18.4 Å². The number of hydrogen-bond acceptors (Lipinski definition) is 5. The third-order valence-electron chi connectivity index (χ3n) is 5.26. The van der Waals surface area contributed by atoms with Crippen LogP contribution in [0.3, 0.4) is 0 Å². The van der Waals surface area contributed by atoms with Gasteiger partial charge in [-0.2, -0.15) is 10.1 Å². The average molecular weight is 326 g/mol. The van der Waals surface area contributed by atoms with Gasteiger partial charge in [0.1, 0.15) is 0 Å². The monoisotopic (exact) mass is 326 g/mol. The highest BCUT2D eigenvalue weighted by atomic mass is 16.5. The molecule has 1 N–H and O–H groups in total. The minimum Gasteiger partial charge on any atom is -0.504 e. The Morgan fingerprint density at radius 1 is 1.17 bits per heavy atom. The Kier molecular flexibility index (Phi) is 3.40. The topological polar surface area (TPSA) is 79.2 Å². The van der Waals surface area contributed by atoms with Gasteiger partial charge in [0.2, 0.25) is 0 Å². The Balaban J connectivity index is 1.59. The first-order valence-electron chi connectivity index (χ1n) is 8.07. The molecule has 1 saturated heterocycles. The normalized spacial score (nSPS) is 31.1. The summed E-state index contributed by atoms with van der Waals surface area (Å²) in [5, 5.41) is 14.8. The molecule has 1 aromatic rings. The zero-order chi connectivity index (χ0) is 16.8. The van der Waals surface area contributed by atoms with E-state index in [4.69, 9.17) is 4.74 Å². The summed E-state index contributed by atoms with van der Waals surface area (Å²) in [7, 11) is 1.46. The van der Waals surface area contributed by atoms with Gasteiger partial charge in [0.05, 0.1) is 25.2 Å². The standard InChI is InChI=1S/C18H18N2O4/c1-24-14-8-10(2-7-13(14)21)9-19-20-17(22)15-11-3-4-12(6-5-11)16(15)18(20)23/h2-4,7-9,11-12,15-16,21H,5-6H2,1H3/b19-9-/t11-,12+,15-,16-/m0/s1. The minimum absolute atomic E-state index is 0.0247. The third-order valence-corrected chi connectivity index (χ3v) is 5.26. The summed E-state index contributed by atoms with van der Waals surface area (Å²) in [6.07, 6.45) is 7.55. The number of allylic oxidation sites excluding steroid dienone is 2. The molecule has 1 aliphatic heterocycles. The van der Waals surface area contributed by atoms with Gasteiger partial charge in [-0.3, -0.25) is 9.59 Å². The van der Waals surface area contributed by atoms with Crippen molar-refractivity contribution < 1.29 is 19.4 Å². The van der Waals surface area contributed by atoms with Crippen LogP contribution in [0.5, 0.6) is 11.5 Å². The first-order chi connectivity index (χ1) is 11.6. The highest BCUT2D eigenvalue weighted by Crippen LogP contribution is 2.49. The molecule has 3 aliphatic carbocycles. The number of carbonyl (C=O) groups excluding carboxylic acids is 2. The van der Waals surface area contributed by atoms with Crippen LogP contribution in [-0.4, -0.2) is 35.3 Å². The number of nitrogens with zero attached hydrogens (tertiary/aromatic N) is 2. The predicted octanol–water partition coefficient (Wildman–Crippen LogP) is 1.93. The van der Waals surface area contributed by atoms with Crippen LogP contribution in [0.4, 0.5) is 0 Å². The van der Waals surface area contributed by atoms with Crippen molar-refractivity contribution in [1.82, 2.24) is 5.01 Å². The van der Waals surface area contributed by atoms with Crippen molar-refractivity contribution in [2.75, 3.05) is 7.11 Å². The van der Waals surface area contributed by atoms with E-state index in [-0.39, 0.29) is 41.2 Å². The first kappa shape index (κ1) is 14.9. The summed E-state index contributed by atoms with van der Waals surface area (Å²) in [6.45, 7) is 0. The number of carbonyl (C=O) groups is 2. The fraction of sp³-hybridized carbons (Fsp3) is 0.389. The van der Waals surface area contributed by atoms with Gasteiger partial charge in [0.15, 0.2) is 11.5 Å². The van der Waals surface area contributed by atoms with Crippen molar-refractivity contribution >= 4 is 18.0 Å². The number of methoxy groups -OCH3 is 1. The molecule has 5 rings (SSSR count). The van der Waals surface area contributed by atoms with Crippen molar-refractivity contribution in [1.29, 1.82) is 0 Å². The van der Waals surface area contributed by atoms with E-state index < -0.39 is 0 Å². The molecular formula is C18H18N2O4. The van der Waals surface area contributed by atoms with Gasteiger partial charge in [-0.05, 0) is 48.4 Å². The minimum atomic E-state index is -0.257. The van der Waals surface area contributed by atoms with Crippen LogP contribution < -0.4 is 4.74 Å². The molecule has 2 fully saturated rings. The Bertz CT molecular complexity index is 738. The number of hydrazone groups is 1. The summed E-state index contributed by atoms with van der Waals surface area (Å²) in [5.74, 6) is -0.265. The molecule has 2 bridgehead atoms. The second kappa shape index (κ2) is 5.47. The quantitative estimate of drug-likeness (QED) is 0.523. The number of imide groups is 1. The Morgan fingerprint density at radius 2 is 1.79 bits per heavy atom. The molecule has 124 valence electrons. The van der Waals surface area contributed by atoms with Crippen molar-refractivity contribution in [3.05, 3.63) is 35.9 Å². The van der Waals surface area contributed by atoms with Crippen LogP contribution in [0, 0.1) is 23.7 Å². The van der Waals surface area contributed by atoms with Crippen LogP contribution in [-0.2, 0) is 9.59 Å². The second-order valence-corrected chi connectivity index (χ2v) is 6.51. The maximum atomic E-state index is 12.6. The molecule has 0 spiro atoms. The molecule has 4 atom stereocenters. The molecule has 1 saturated carbocycles. The molecule has 2 amide bonds. The Hall–Kier alpha value is -2.63. The molecule has 24 heavy (non-hydrogen) atoms. The first-order valence-corrected chi connectivity index (χ1v) is 8.07. The molecule has 4 aliphatic rings. The van der Waals surface area contributed by atoms with Gasteiger partial charge in [-0.15, -0.1) is 0 Å². The zero-order valence-corrected chi connectivity index (χ0v) is 13.3. The van der Waals surface area contributed by atoms with Gasteiger partial charge >= 0.3 is 0 Å². The highest BCUT2D eigenvalue weighted by molar-refractivity contribution is 6.06. The lowest BCUT2D eigenvalue weighted by atomic mass is 9.63. The number of phenolic OH excluding ortho intramolecular Hbond substituents is 1. The maximum absolute atomic E-state index is 12.6. The van der Waals surface area contributed by atoms with E-state index in [0.29, 0.717) is 11.3 Å². The average Bonchev–Trinajstić information content (AvgIpc) is 2.88. The molecule has 1 aromatic carbocycles. The van der Waals surface area contributed by atoms with E-state index in [1.54, 1.807) is 12.1 Å². The van der Waals surface area contributed by atoms with Crippen molar-refractivity contribution in [2.45, 2.75) is 12.8 Å². The molecule has 0 unspecified atom stereocenters. The number of hydrogen-bond donors (Lipinski definition) is 1. The van der Waals surface area contributed by atoms with Crippen molar-refractivity contribution in [3.8, 4) is 11.5 Å². The molecule has 1 heterocycles. The van der Waals surface area contributed by atoms with E-state index in [1.807, 2.05) is 0 Å². The highest BCUT2D eigenvalue weighted by Gasteiger charge is 2.56. The van der Waals surface area contributed by atoms with E-state index >= 15 is 0 Å². The maximum Gasteiger partial charge on any atom is 0.254 e. The number of benzene rings is 1. The van der Waals surface area contributed by atoms with Crippen LogP contribution in [0.2, 0.25) is 0 Å². The molecule has 6 heteroatoms. The number of fused-ring (bicyclic) bond motifs is 1. The smallest absolute Gasteiger partial charge is 0.254 e. The number of ether oxygens (including phenoxy) is 1. The number of aromatic hydroxyl groups is 1. The summed E-state index contributed by atoms with van der Waals surface area (Å²) in [5.41, 5.74) is 0.640. The van der Waals surface area contributed by atoms with E-state index in [9.17, 15) is 14.7 Å². The van der Waals surface area contributed by atoms with Gasteiger partial charge < -0.3 is 9.84 Å². The fourth-order valence-electron chi connectivity index (χ4n) is 4.07. The number of amides is 2. The fourth-order valence-corrected chi connectivity index (χ4v) is 4.07. The lowest BCUT2D eigenvalue weighted by molar-refractivity contribution is -0.140. The summed E-state index contributed by atoms with van der Waals surface area (Å²) in [6, 6.07) is 4.73. The van der Waals surface area contributed by atoms with E-state index in [2.05, 4.69) is 17.3 Å². The van der Waals surface area contributed by atoms with Crippen LogP contribution >= 0.6 is 0 Å². The van der Waals surface area contributed by atoms with Crippen LogP contribution in [0.25, 0.3) is 0 Å². The number of rotatable bonds is 3. The summed E-state index contributed by atoms with van der Waals surface area (Å²) >= 11 is 0. The van der Waals surface area contributed by atoms with Gasteiger partial charge in [0, 0.05) is 0 Å². The number of phenols is 1. The zero-order valence-electron chi connectivity index (χ0n) is 13.3. The molecule has 0 aromatic heterocycles. The molecular weight excluding hydrogens is 308 g/mol. The lowest BCUT2D eigenvalue weighted by Gasteiger charge is -2.37. The Morgan fingerprint density at radius 3 is 2.33 bits per heavy atom.